The fraction of sp³-hybridized carbons (Fsp3) is 0.600. The van der Waals surface area contributed by atoms with Crippen LogP contribution in [0.3, 0.4) is 0 Å². The minimum absolute atomic E-state index is 0.785. The van der Waals surface area contributed by atoms with Gasteiger partial charge in [-0.3, -0.25) is 0 Å². The summed E-state index contributed by atoms with van der Waals surface area (Å²) in [7, 11) is 2.16. The lowest BCUT2D eigenvalue weighted by molar-refractivity contribution is 0.324. The van der Waals surface area contributed by atoms with Gasteiger partial charge in [-0.15, -0.1) is 22.9 Å². The molecule has 1 heterocycles. The normalized spacial score (nSPS) is 11.0. The molecule has 0 aliphatic heterocycles. The minimum atomic E-state index is 0.785. The van der Waals surface area contributed by atoms with E-state index in [0.29, 0.717) is 0 Å². The zero-order valence-electron chi connectivity index (χ0n) is 8.00. The second kappa shape index (κ2) is 6.41. The first kappa shape index (κ1) is 11.0. The third-order valence-corrected chi connectivity index (χ3v) is 3.06. The first-order chi connectivity index (χ1) is 6.33. The van der Waals surface area contributed by atoms with Crippen molar-refractivity contribution in [3.8, 4) is 0 Å². The van der Waals surface area contributed by atoms with E-state index in [-0.39, 0.29) is 0 Å². The molecule has 3 heteroatoms. The predicted molar refractivity (Wildman–Crippen MR) is 60.6 cm³/mol. The molecule has 74 valence electrons. The number of alkyl halides is 1. The van der Waals surface area contributed by atoms with E-state index in [1.54, 1.807) is 0 Å². The van der Waals surface area contributed by atoms with Gasteiger partial charge >= 0.3 is 0 Å². The maximum absolute atomic E-state index is 5.61. The van der Waals surface area contributed by atoms with Crippen LogP contribution in [-0.4, -0.2) is 24.4 Å². The summed E-state index contributed by atoms with van der Waals surface area (Å²) in [6, 6.07) is 4.29. The van der Waals surface area contributed by atoms with Crippen LogP contribution in [-0.2, 0) is 6.54 Å². The van der Waals surface area contributed by atoms with Crippen molar-refractivity contribution >= 4 is 22.9 Å². The Kier molecular flexibility index (Phi) is 5.44. The van der Waals surface area contributed by atoms with Crippen LogP contribution in [0.4, 0.5) is 0 Å². The van der Waals surface area contributed by atoms with Gasteiger partial charge in [-0.1, -0.05) is 6.07 Å². The Labute approximate surface area is 89.3 Å². The molecule has 0 radical (unpaired) electrons. The molecule has 0 amide bonds. The van der Waals surface area contributed by atoms with E-state index in [2.05, 4.69) is 29.5 Å². The third-order valence-electron chi connectivity index (χ3n) is 1.93. The molecule has 0 saturated carbocycles. The molecular formula is C10H16ClNS. The van der Waals surface area contributed by atoms with Crippen LogP contribution in [0, 0.1) is 0 Å². The minimum Gasteiger partial charge on any atom is -0.301 e. The number of hydrogen-bond acceptors (Lipinski definition) is 2. The van der Waals surface area contributed by atoms with Crippen molar-refractivity contribution in [2.75, 3.05) is 19.5 Å². The Hall–Kier alpha value is -0.0500. The largest absolute Gasteiger partial charge is 0.301 e. The van der Waals surface area contributed by atoms with Crippen molar-refractivity contribution in [1.82, 2.24) is 4.90 Å². The van der Waals surface area contributed by atoms with Crippen LogP contribution in [0.2, 0.25) is 0 Å². The molecule has 1 rings (SSSR count). The van der Waals surface area contributed by atoms with Crippen molar-refractivity contribution in [2.45, 2.75) is 19.4 Å². The van der Waals surface area contributed by atoms with Gasteiger partial charge in [-0.25, -0.2) is 0 Å². The number of unbranched alkanes of at least 4 members (excludes halogenated alkanes) is 1. The fourth-order valence-corrected chi connectivity index (χ4v) is 2.20. The van der Waals surface area contributed by atoms with Gasteiger partial charge in [0.2, 0.25) is 0 Å². The highest BCUT2D eigenvalue weighted by molar-refractivity contribution is 7.09. The molecule has 0 atom stereocenters. The van der Waals surface area contributed by atoms with Crippen LogP contribution >= 0.6 is 22.9 Å². The summed E-state index contributed by atoms with van der Waals surface area (Å²) in [6.07, 6.45) is 2.32. The molecule has 0 bridgehead atoms. The van der Waals surface area contributed by atoms with Crippen molar-refractivity contribution in [3.63, 3.8) is 0 Å². The van der Waals surface area contributed by atoms with E-state index in [1.165, 1.54) is 11.3 Å². The summed E-state index contributed by atoms with van der Waals surface area (Å²) in [5.41, 5.74) is 0. The molecule has 1 aromatic rings. The Morgan fingerprint density at radius 3 is 2.92 bits per heavy atom. The van der Waals surface area contributed by atoms with Crippen LogP contribution in [0.25, 0.3) is 0 Å². The number of nitrogens with zero attached hydrogens (tertiary/aromatic N) is 1. The van der Waals surface area contributed by atoms with Crippen molar-refractivity contribution < 1.29 is 0 Å². The summed E-state index contributed by atoms with van der Waals surface area (Å²) < 4.78 is 0. The Bertz CT molecular complexity index is 211. The summed E-state index contributed by atoms with van der Waals surface area (Å²) >= 11 is 7.43. The highest BCUT2D eigenvalue weighted by atomic mass is 35.5. The molecule has 13 heavy (non-hydrogen) atoms. The molecule has 1 aromatic heterocycles. The standard InChI is InChI=1S/C10H16ClNS/c1-12(7-3-2-6-11)9-10-5-4-8-13-10/h4-5,8H,2-3,6-7,9H2,1H3. The average Bonchev–Trinajstić information content (AvgIpc) is 2.57. The van der Waals surface area contributed by atoms with E-state index < -0.39 is 0 Å². The third kappa shape index (κ3) is 4.65. The SMILES string of the molecule is CN(CCCCCl)Cc1cccs1. The van der Waals surface area contributed by atoms with E-state index in [0.717, 1.165) is 25.4 Å². The van der Waals surface area contributed by atoms with E-state index in [1.807, 2.05) is 11.3 Å². The predicted octanol–water partition coefficient (Wildman–Crippen LogP) is 3.20. The second-order valence-corrected chi connectivity index (χ2v) is 4.62. The highest BCUT2D eigenvalue weighted by Gasteiger charge is 1.99. The molecule has 0 aliphatic rings. The molecule has 0 saturated heterocycles. The van der Waals surface area contributed by atoms with Gasteiger partial charge in [0.1, 0.15) is 0 Å². The fourth-order valence-electron chi connectivity index (χ4n) is 1.22. The first-order valence-corrected chi connectivity index (χ1v) is 6.01. The molecule has 0 aromatic carbocycles. The zero-order chi connectivity index (χ0) is 9.52. The summed E-state index contributed by atoms with van der Waals surface area (Å²) in [5.74, 6) is 0.785. The topological polar surface area (TPSA) is 3.24 Å². The monoisotopic (exact) mass is 217 g/mol. The number of rotatable bonds is 6. The quantitative estimate of drug-likeness (QED) is 0.523. The molecule has 0 aliphatic carbocycles. The lowest BCUT2D eigenvalue weighted by Gasteiger charge is -2.14. The van der Waals surface area contributed by atoms with Crippen LogP contribution in [0.1, 0.15) is 17.7 Å². The summed E-state index contributed by atoms with van der Waals surface area (Å²) in [6.45, 7) is 2.21. The van der Waals surface area contributed by atoms with E-state index in [4.69, 9.17) is 11.6 Å². The Balaban J connectivity index is 2.14. The molecule has 0 N–H and O–H groups in total. The van der Waals surface area contributed by atoms with E-state index >= 15 is 0 Å². The number of hydrogen-bond donors (Lipinski definition) is 0. The average molecular weight is 218 g/mol. The summed E-state index contributed by atoms with van der Waals surface area (Å²) in [4.78, 5) is 3.78. The van der Waals surface area contributed by atoms with Crippen molar-refractivity contribution in [3.05, 3.63) is 22.4 Å². The van der Waals surface area contributed by atoms with Gasteiger partial charge in [0.15, 0.2) is 0 Å². The second-order valence-electron chi connectivity index (χ2n) is 3.21. The van der Waals surface area contributed by atoms with Crippen LogP contribution < -0.4 is 0 Å². The van der Waals surface area contributed by atoms with Gasteiger partial charge in [-0.2, -0.15) is 0 Å². The summed E-state index contributed by atoms with van der Waals surface area (Å²) in [5, 5.41) is 2.13. The molecule has 0 fully saturated rings. The molecule has 0 unspecified atom stereocenters. The molecule has 1 nitrogen and oxygen atoms in total. The number of halogens is 1. The highest BCUT2D eigenvalue weighted by Crippen LogP contribution is 2.11. The van der Waals surface area contributed by atoms with Crippen LogP contribution in [0.15, 0.2) is 17.5 Å². The zero-order valence-corrected chi connectivity index (χ0v) is 9.57. The lowest BCUT2D eigenvalue weighted by Crippen LogP contribution is -2.18. The Morgan fingerprint density at radius 1 is 1.46 bits per heavy atom. The molecule has 0 spiro atoms. The van der Waals surface area contributed by atoms with E-state index in [9.17, 15) is 0 Å². The van der Waals surface area contributed by atoms with Crippen molar-refractivity contribution in [2.24, 2.45) is 0 Å². The van der Waals surface area contributed by atoms with Crippen molar-refractivity contribution in [1.29, 1.82) is 0 Å². The van der Waals surface area contributed by atoms with Gasteiger partial charge < -0.3 is 4.90 Å². The Morgan fingerprint density at radius 2 is 2.31 bits per heavy atom. The van der Waals surface area contributed by atoms with Gasteiger partial charge in [0.25, 0.3) is 0 Å². The smallest absolute Gasteiger partial charge is 0.0324 e. The van der Waals surface area contributed by atoms with Gasteiger partial charge in [0, 0.05) is 17.3 Å². The maximum atomic E-state index is 5.61. The lowest BCUT2D eigenvalue weighted by atomic mass is 10.3. The number of thiophene rings is 1. The first-order valence-electron chi connectivity index (χ1n) is 4.60. The van der Waals surface area contributed by atoms with Gasteiger partial charge in [-0.05, 0) is 37.9 Å². The van der Waals surface area contributed by atoms with Gasteiger partial charge in [0.05, 0.1) is 0 Å². The van der Waals surface area contributed by atoms with Crippen LogP contribution in [0.5, 0.6) is 0 Å². The maximum Gasteiger partial charge on any atom is 0.0324 e. The molecular weight excluding hydrogens is 202 g/mol.